The predicted octanol–water partition coefficient (Wildman–Crippen LogP) is 10.4. The van der Waals surface area contributed by atoms with E-state index < -0.39 is 23.2 Å². The Kier molecular flexibility index (Phi) is 8.23. The van der Waals surface area contributed by atoms with Gasteiger partial charge in [-0.15, -0.1) is 0 Å². The Labute approximate surface area is 265 Å². The molecular formula is C37H31F3N4O2. The van der Waals surface area contributed by atoms with Gasteiger partial charge >= 0.3 is 0 Å². The number of hydrogen-bond donors (Lipinski definition) is 0. The molecule has 0 amide bonds. The third-order valence-corrected chi connectivity index (χ3v) is 7.71. The molecule has 6 aromatic rings. The number of anilines is 5. The molecule has 0 spiro atoms. The van der Waals surface area contributed by atoms with Crippen LogP contribution >= 0.6 is 0 Å². The Morgan fingerprint density at radius 1 is 0.674 bits per heavy atom. The fourth-order valence-corrected chi connectivity index (χ4v) is 5.45. The highest BCUT2D eigenvalue weighted by Crippen LogP contribution is 2.44. The molecular weight excluding hydrogens is 589 g/mol. The van der Waals surface area contributed by atoms with Gasteiger partial charge in [0, 0.05) is 42.4 Å². The summed E-state index contributed by atoms with van der Waals surface area (Å²) < 4.78 is 56.1. The second-order valence-electron chi connectivity index (χ2n) is 11.2. The summed E-state index contributed by atoms with van der Waals surface area (Å²) in [6.07, 6.45) is 4.19. The summed E-state index contributed by atoms with van der Waals surface area (Å²) in [5, 5.41) is 0. The Morgan fingerprint density at radius 3 is 1.93 bits per heavy atom. The lowest BCUT2D eigenvalue weighted by Crippen LogP contribution is -2.15. The van der Waals surface area contributed by atoms with Gasteiger partial charge in [0.2, 0.25) is 11.7 Å². The first-order valence-corrected chi connectivity index (χ1v) is 14.6. The third-order valence-electron chi connectivity index (χ3n) is 7.71. The zero-order valence-electron chi connectivity index (χ0n) is 26.0. The SMILES string of the molecule is Cc1ccc(N(c2cc(Oc3cc(-c4ncco4)c(F)c(F)c3F)cc(N(C)c3ccccn3)c2)c2ccc(C)cc2C)c(C)c1. The van der Waals surface area contributed by atoms with E-state index in [-0.39, 0.29) is 17.2 Å². The third kappa shape index (κ3) is 5.91. The van der Waals surface area contributed by atoms with Crippen LogP contribution in [0.4, 0.5) is 41.7 Å². The maximum atomic E-state index is 15.2. The van der Waals surface area contributed by atoms with Crippen LogP contribution in [0, 0.1) is 45.1 Å². The minimum Gasteiger partial charge on any atom is -0.454 e. The largest absolute Gasteiger partial charge is 0.454 e. The monoisotopic (exact) mass is 620 g/mol. The lowest BCUT2D eigenvalue weighted by atomic mass is 10.0. The van der Waals surface area contributed by atoms with E-state index in [1.807, 2.05) is 76.0 Å². The summed E-state index contributed by atoms with van der Waals surface area (Å²) >= 11 is 0. The van der Waals surface area contributed by atoms with Crippen molar-refractivity contribution in [3.05, 3.63) is 137 Å². The maximum absolute atomic E-state index is 15.2. The van der Waals surface area contributed by atoms with E-state index in [4.69, 9.17) is 9.15 Å². The number of nitrogens with zero attached hydrogens (tertiary/aromatic N) is 4. The van der Waals surface area contributed by atoms with Crippen molar-refractivity contribution >= 4 is 28.6 Å². The lowest BCUT2D eigenvalue weighted by Gasteiger charge is -2.30. The Morgan fingerprint density at radius 2 is 1.35 bits per heavy atom. The highest BCUT2D eigenvalue weighted by Gasteiger charge is 2.25. The molecule has 0 atom stereocenters. The molecule has 6 nitrogen and oxygen atoms in total. The molecule has 0 unspecified atom stereocenters. The van der Waals surface area contributed by atoms with Crippen molar-refractivity contribution in [1.29, 1.82) is 0 Å². The number of aromatic nitrogens is 2. The highest BCUT2D eigenvalue weighted by molar-refractivity contribution is 5.83. The summed E-state index contributed by atoms with van der Waals surface area (Å²) in [5.74, 6) is -4.49. The van der Waals surface area contributed by atoms with Gasteiger partial charge in [-0.05, 0) is 75.2 Å². The van der Waals surface area contributed by atoms with Crippen molar-refractivity contribution in [2.24, 2.45) is 0 Å². The molecule has 0 radical (unpaired) electrons. The average molecular weight is 621 g/mol. The quantitative estimate of drug-likeness (QED) is 0.158. The van der Waals surface area contributed by atoms with Gasteiger partial charge in [-0.3, -0.25) is 0 Å². The van der Waals surface area contributed by atoms with E-state index >= 15 is 4.39 Å². The predicted molar refractivity (Wildman–Crippen MR) is 174 cm³/mol. The molecule has 232 valence electrons. The first-order valence-electron chi connectivity index (χ1n) is 14.6. The molecule has 0 aliphatic carbocycles. The fraction of sp³-hybridized carbons (Fsp3) is 0.135. The lowest BCUT2D eigenvalue weighted by molar-refractivity contribution is 0.394. The zero-order valence-corrected chi connectivity index (χ0v) is 26.0. The molecule has 0 bridgehead atoms. The molecule has 6 rings (SSSR count). The van der Waals surface area contributed by atoms with Crippen LogP contribution in [0.3, 0.4) is 0 Å². The smallest absolute Gasteiger partial charge is 0.229 e. The van der Waals surface area contributed by atoms with Crippen LogP contribution in [-0.4, -0.2) is 17.0 Å². The van der Waals surface area contributed by atoms with E-state index in [9.17, 15) is 8.78 Å². The first-order chi connectivity index (χ1) is 22.1. The minimum atomic E-state index is -1.69. The molecule has 0 aliphatic heterocycles. The molecule has 0 saturated heterocycles. The van der Waals surface area contributed by atoms with Crippen LogP contribution in [0.2, 0.25) is 0 Å². The number of benzene rings is 4. The second kappa shape index (κ2) is 12.4. The topological polar surface area (TPSA) is 54.6 Å². The second-order valence-corrected chi connectivity index (χ2v) is 11.2. The van der Waals surface area contributed by atoms with Gasteiger partial charge in [0.05, 0.1) is 17.4 Å². The molecule has 0 fully saturated rings. The van der Waals surface area contributed by atoms with Gasteiger partial charge < -0.3 is 19.0 Å². The molecule has 0 aliphatic rings. The molecule has 2 heterocycles. The van der Waals surface area contributed by atoms with Crippen molar-refractivity contribution in [1.82, 2.24) is 9.97 Å². The number of oxazole rings is 1. The Balaban J connectivity index is 1.56. The van der Waals surface area contributed by atoms with Crippen molar-refractivity contribution in [3.8, 4) is 23.0 Å². The molecule has 2 aromatic heterocycles. The van der Waals surface area contributed by atoms with Gasteiger partial charge in [0.15, 0.2) is 17.4 Å². The maximum Gasteiger partial charge on any atom is 0.229 e. The average Bonchev–Trinajstić information content (AvgIpc) is 3.58. The van der Waals surface area contributed by atoms with Crippen LogP contribution in [0.1, 0.15) is 22.3 Å². The van der Waals surface area contributed by atoms with Gasteiger partial charge in [-0.25, -0.2) is 18.7 Å². The summed E-state index contributed by atoms with van der Waals surface area (Å²) in [6, 6.07) is 24.4. The number of aryl methyl sites for hydroxylation is 4. The molecule has 9 heteroatoms. The number of hydrogen-bond acceptors (Lipinski definition) is 6. The van der Waals surface area contributed by atoms with E-state index in [1.165, 1.54) is 12.5 Å². The Bertz CT molecular complexity index is 1980. The number of ether oxygens (including phenoxy) is 1. The van der Waals surface area contributed by atoms with Gasteiger partial charge in [-0.2, -0.15) is 4.39 Å². The highest BCUT2D eigenvalue weighted by atomic mass is 19.2. The summed E-state index contributed by atoms with van der Waals surface area (Å²) in [5.41, 5.74) is 7.12. The molecule has 46 heavy (non-hydrogen) atoms. The van der Waals surface area contributed by atoms with Crippen LogP contribution in [0.25, 0.3) is 11.5 Å². The summed E-state index contributed by atoms with van der Waals surface area (Å²) in [4.78, 5) is 12.3. The number of rotatable bonds is 8. The first kappa shape index (κ1) is 30.5. The minimum absolute atomic E-state index is 0.179. The summed E-state index contributed by atoms with van der Waals surface area (Å²) in [7, 11) is 1.85. The standard InChI is InChI=1S/C37H31F3N4O2/c1-22-9-11-30(24(3)16-22)44(31-12-10-23(2)17-25(31)4)27-18-26(43(5)33-8-6-7-13-41-33)19-28(20-27)46-32-21-29(37-42-14-15-45-37)34(38)36(40)35(32)39/h6-21H,1-5H3. The molecule has 0 saturated carbocycles. The van der Waals surface area contributed by atoms with E-state index in [0.717, 1.165) is 39.7 Å². The van der Waals surface area contributed by atoms with Crippen molar-refractivity contribution < 1.29 is 22.3 Å². The number of halogens is 3. The van der Waals surface area contributed by atoms with Gasteiger partial charge in [0.25, 0.3) is 0 Å². The van der Waals surface area contributed by atoms with Crippen molar-refractivity contribution in [3.63, 3.8) is 0 Å². The van der Waals surface area contributed by atoms with Gasteiger partial charge in [-0.1, -0.05) is 41.5 Å². The Hall–Kier alpha value is -5.57. The molecule has 4 aromatic carbocycles. The van der Waals surface area contributed by atoms with Crippen LogP contribution in [-0.2, 0) is 0 Å². The van der Waals surface area contributed by atoms with E-state index in [0.29, 0.717) is 17.2 Å². The van der Waals surface area contributed by atoms with Crippen molar-refractivity contribution in [2.75, 3.05) is 16.8 Å². The van der Waals surface area contributed by atoms with Crippen molar-refractivity contribution in [2.45, 2.75) is 27.7 Å². The zero-order chi connectivity index (χ0) is 32.5. The van der Waals surface area contributed by atoms with Crippen LogP contribution < -0.4 is 14.5 Å². The van der Waals surface area contributed by atoms with E-state index in [1.54, 1.807) is 18.3 Å². The van der Waals surface area contributed by atoms with E-state index in [2.05, 4.69) is 39.1 Å². The number of pyridine rings is 1. The fourth-order valence-electron chi connectivity index (χ4n) is 5.45. The van der Waals surface area contributed by atoms with Gasteiger partial charge in [0.1, 0.15) is 17.8 Å². The van der Waals surface area contributed by atoms with Crippen LogP contribution in [0.5, 0.6) is 11.5 Å². The molecule has 0 N–H and O–H groups in total. The van der Waals surface area contributed by atoms with Crippen LogP contribution in [0.15, 0.2) is 102 Å². The normalized spacial score (nSPS) is 11.0. The summed E-state index contributed by atoms with van der Waals surface area (Å²) in [6.45, 7) is 8.16.